The maximum absolute atomic E-state index is 13.5. The average molecular weight is 299 g/mol. The van der Waals surface area contributed by atoms with Gasteiger partial charge in [0, 0.05) is 16.3 Å². The fourth-order valence-corrected chi connectivity index (χ4v) is 3.69. The first-order chi connectivity index (χ1) is 9.03. The molecule has 0 aliphatic carbocycles. The first kappa shape index (κ1) is 14.2. The highest BCUT2D eigenvalue weighted by molar-refractivity contribution is 7.89. The second-order valence-electron chi connectivity index (χ2n) is 3.98. The number of hydrogen-bond donors (Lipinski definition) is 1. The van der Waals surface area contributed by atoms with Crippen LogP contribution in [0.25, 0.3) is 0 Å². The van der Waals surface area contributed by atoms with Gasteiger partial charge in [-0.25, -0.2) is 17.5 Å². The molecule has 0 aliphatic rings. The lowest BCUT2D eigenvalue weighted by atomic mass is 10.3. The van der Waals surface area contributed by atoms with Crippen LogP contribution in [0.1, 0.15) is 16.7 Å². The van der Waals surface area contributed by atoms with E-state index in [1.165, 1.54) is 23.1 Å². The third-order valence-electron chi connectivity index (χ3n) is 2.63. The molecule has 1 heterocycles. The number of benzene rings is 1. The van der Waals surface area contributed by atoms with Crippen LogP contribution >= 0.6 is 11.3 Å². The fourth-order valence-electron chi connectivity index (χ4n) is 1.61. The van der Waals surface area contributed by atoms with Crippen LogP contribution < -0.4 is 4.72 Å². The van der Waals surface area contributed by atoms with E-state index in [1.807, 2.05) is 19.1 Å². The van der Waals surface area contributed by atoms with E-state index >= 15 is 0 Å². The molecule has 0 aliphatic heterocycles. The summed E-state index contributed by atoms with van der Waals surface area (Å²) in [5.74, 6) is -0.740. The largest absolute Gasteiger partial charge is 0.243 e. The average Bonchev–Trinajstić information content (AvgIpc) is 2.85. The summed E-state index contributed by atoms with van der Waals surface area (Å²) in [6.45, 7) is 2.22. The lowest BCUT2D eigenvalue weighted by Crippen LogP contribution is -2.23. The minimum atomic E-state index is -3.80. The zero-order valence-corrected chi connectivity index (χ0v) is 12.0. The molecule has 2 aromatic rings. The summed E-state index contributed by atoms with van der Waals surface area (Å²) in [5, 5.41) is 0. The summed E-state index contributed by atoms with van der Waals surface area (Å²) < 4.78 is 39.8. The highest BCUT2D eigenvalue weighted by Gasteiger charge is 2.18. The van der Waals surface area contributed by atoms with Gasteiger partial charge < -0.3 is 0 Å². The normalized spacial score (nSPS) is 11.7. The molecule has 0 saturated heterocycles. The van der Waals surface area contributed by atoms with E-state index in [-0.39, 0.29) is 11.4 Å². The molecule has 0 unspecified atom stereocenters. The van der Waals surface area contributed by atoms with Crippen LogP contribution in [0.3, 0.4) is 0 Å². The van der Waals surface area contributed by atoms with E-state index in [2.05, 4.69) is 4.72 Å². The fraction of sp³-hybridized carbons (Fsp3) is 0.231. The first-order valence-corrected chi connectivity index (χ1v) is 8.14. The number of hydrogen-bond acceptors (Lipinski definition) is 3. The van der Waals surface area contributed by atoms with Gasteiger partial charge in [-0.15, -0.1) is 11.3 Å². The molecule has 0 bridgehead atoms. The molecule has 6 heteroatoms. The van der Waals surface area contributed by atoms with E-state index in [4.69, 9.17) is 0 Å². The maximum Gasteiger partial charge on any atom is 0.243 e. The van der Waals surface area contributed by atoms with Crippen LogP contribution in [-0.4, -0.2) is 8.42 Å². The van der Waals surface area contributed by atoms with Gasteiger partial charge in [0.2, 0.25) is 10.0 Å². The van der Waals surface area contributed by atoms with Crippen LogP contribution in [0.5, 0.6) is 0 Å². The van der Waals surface area contributed by atoms with Gasteiger partial charge in [0.25, 0.3) is 0 Å². The van der Waals surface area contributed by atoms with Crippen molar-refractivity contribution in [1.29, 1.82) is 0 Å². The van der Waals surface area contributed by atoms with Crippen molar-refractivity contribution >= 4 is 21.4 Å². The van der Waals surface area contributed by atoms with Crippen molar-refractivity contribution in [3.8, 4) is 0 Å². The summed E-state index contributed by atoms with van der Waals surface area (Å²) >= 11 is 1.55. The lowest BCUT2D eigenvalue weighted by molar-refractivity contribution is 0.557. The van der Waals surface area contributed by atoms with Gasteiger partial charge in [0.05, 0.1) is 0 Å². The zero-order chi connectivity index (χ0) is 13.9. The first-order valence-electron chi connectivity index (χ1n) is 5.84. The molecule has 1 aromatic heterocycles. The smallest absolute Gasteiger partial charge is 0.207 e. The Labute approximate surface area is 116 Å². The van der Waals surface area contributed by atoms with Crippen molar-refractivity contribution in [2.75, 3.05) is 0 Å². The standard InChI is InChI=1S/C13H14FNO2S2/c1-2-10-7-8-11(18-10)9-15-19(16,17)13-6-4-3-5-12(13)14/h3-8,15H,2,9H2,1H3. The Morgan fingerprint density at radius 3 is 2.47 bits per heavy atom. The summed E-state index contributed by atoms with van der Waals surface area (Å²) in [5.41, 5.74) is 0. The summed E-state index contributed by atoms with van der Waals surface area (Å²) in [6.07, 6.45) is 0.921. The van der Waals surface area contributed by atoms with Crippen LogP contribution in [0.4, 0.5) is 4.39 Å². The summed E-state index contributed by atoms with van der Waals surface area (Å²) in [6, 6.07) is 9.20. The van der Waals surface area contributed by atoms with Crippen LogP contribution in [0.15, 0.2) is 41.3 Å². The molecule has 1 aromatic carbocycles. The van der Waals surface area contributed by atoms with Crippen molar-refractivity contribution in [1.82, 2.24) is 4.72 Å². The van der Waals surface area contributed by atoms with Gasteiger partial charge in [0.1, 0.15) is 10.7 Å². The zero-order valence-electron chi connectivity index (χ0n) is 10.4. The highest BCUT2D eigenvalue weighted by atomic mass is 32.2. The number of sulfonamides is 1. The second-order valence-corrected chi connectivity index (χ2v) is 6.96. The Hall–Kier alpha value is -1.24. The molecule has 0 amide bonds. The Morgan fingerprint density at radius 1 is 1.16 bits per heavy atom. The monoisotopic (exact) mass is 299 g/mol. The van der Waals surface area contributed by atoms with E-state index in [0.29, 0.717) is 0 Å². The Morgan fingerprint density at radius 2 is 1.84 bits per heavy atom. The highest BCUT2D eigenvalue weighted by Crippen LogP contribution is 2.18. The van der Waals surface area contributed by atoms with Crippen molar-refractivity contribution in [3.05, 3.63) is 52.0 Å². The van der Waals surface area contributed by atoms with Gasteiger partial charge in [-0.3, -0.25) is 0 Å². The topological polar surface area (TPSA) is 46.2 Å². The third-order valence-corrected chi connectivity index (χ3v) is 5.29. The summed E-state index contributed by atoms with van der Waals surface area (Å²) in [4.78, 5) is 1.79. The Bertz CT molecular complexity index is 665. The van der Waals surface area contributed by atoms with Gasteiger partial charge in [0.15, 0.2) is 0 Å². The van der Waals surface area contributed by atoms with Crippen LogP contribution in [-0.2, 0) is 23.0 Å². The Kier molecular flexibility index (Phi) is 4.34. The minimum Gasteiger partial charge on any atom is -0.207 e. The molecule has 2 rings (SSSR count). The molecule has 0 fully saturated rings. The van der Waals surface area contributed by atoms with Gasteiger partial charge >= 0.3 is 0 Å². The number of halogens is 1. The van der Waals surface area contributed by atoms with E-state index < -0.39 is 15.8 Å². The number of thiophene rings is 1. The molecule has 0 atom stereocenters. The minimum absolute atomic E-state index is 0.182. The quantitative estimate of drug-likeness (QED) is 0.922. The van der Waals surface area contributed by atoms with Crippen molar-refractivity contribution < 1.29 is 12.8 Å². The molecule has 0 spiro atoms. The molecule has 1 N–H and O–H groups in total. The predicted octanol–water partition coefficient (Wildman–Crippen LogP) is 2.93. The molecular weight excluding hydrogens is 285 g/mol. The van der Waals surface area contributed by atoms with E-state index in [0.717, 1.165) is 17.4 Å². The van der Waals surface area contributed by atoms with Crippen molar-refractivity contribution in [3.63, 3.8) is 0 Å². The van der Waals surface area contributed by atoms with Gasteiger partial charge in [-0.1, -0.05) is 19.1 Å². The van der Waals surface area contributed by atoms with Crippen LogP contribution in [0.2, 0.25) is 0 Å². The lowest BCUT2D eigenvalue weighted by Gasteiger charge is -2.06. The van der Waals surface area contributed by atoms with Gasteiger partial charge in [-0.2, -0.15) is 0 Å². The van der Waals surface area contributed by atoms with E-state index in [1.54, 1.807) is 11.3 Å². The number of nitrogens with one attached hydrogen (secondary N) is 1. The maximum atomic E-state index is 13.5. The number of rotatable bonds is 5. The molecule has 0 radical (unpaired) electrons. The van der Waals surface area contributed by atoms with Crippen LogP contribution in [0, 0.1) is 5.82 Å². The molecule has 102 valence electrons. The van der Waals surface area contributed by atoms with Gasteiger partial charge in [-0.05, 0) is 30.7 Å². The molecule has 0 saturated carbocycles. The molecular formula is C13H14FNO2S2. The molecule has 19 heavy (non-hydrogen) atoms. The van der Waals surface area contributed by atoms with Crippen molar-refractivity contribution in [2.24, 2.45) is 0 Å². The van der Waals surface area contributed by atoms with Crippen molar-refractivity contribution in [2.45, 2.75) is 24.8 Å². The number of aryl methyl sites for hydroxylation is 1. The third kappa shape index (κ3) is 3.40. The Balaban J connectivity index is 2.12. The summed E-state index contributed by atoms with van der Waals surface area (Å²) in [7, 11) is -3.80. The predicted molar refractivity (Wildman–Crippen MR) is 74.1 cm³/mol. The molecule has 3 nitrogen and oxygen atoms in total. The SMILES string of the molecule is CCc1ccc(CNS(=O)(=O)c2ccccc2F)s1. The second kappa shape index (κ2) is 5.81. The van der Waals surface area contributed by atoms with E-state index in [9.17, 15) is 12.8 Å².